The summed E-state index contributed by atoms with van der Waals surface area (Å²) in [5, 5.41) is 0. The second kappa shape index (κ2) is 41.4. The molecule has 1 saturated heterocycles. The van der Waals surface area contributed by atoms with E-state index in [2.05, 4.69) is 52.4 Å². The smallest absolute Gasteiger partial charge is 0.462 e. The molecule has 0 radical (unpaired) electrons. The number of ether oxygens (including phenoxy) is 6. The Morgan fingerprint density at radius 1 is 0.760 bits per heavy atom. The number of carbonyl (C=O) groups is 2. The monoisotopic (exact) mass is 1080 g/mol. The maximum absolute atomic E-state index is 12.9. The summed E-state index contributed by atoms with van der Waals surface area (Å²) in [6.45, 7) is 13.3. The number of nitrogens with zero attached hydrogens (tertiary/aromatic N) is 4. The first-order chi connectivity index (χ1) is 36.4. The molecule has 2 aromatic rings. The van der Waals surface area contributed by atoms with Gasteiger partial charge in [0.15, 0.2) is 17.6 Å². The van der Waals surface area contributed by atoms with Gasteiger partial charge in [0.05, 0.1) is 59.0 Å². The maximum atomic E-state index is 12.9. The van der Waals surface area contributed by atoms with Crippen molar-refractivity contribution < 1.29 is 56.5 Å². The van der Waals surface area contributed by atoms with Crippen LogP contribution in [0.3, 0.4) is 0 Å². The molecule has 19 nitrogen and oxygen atoms in total. The normalized spacial score (nSPS) is 15.1. The lowest BCUT2D eigenvalue weighted by Crippen LogP contribution is -2.37. The van der Waals surface area contributed by atoms with Crippen LogP contribution in [0, 0.1) is 5.92 Å². The SMILES string of the molecule is C=CCCCCCCCC(=O)OC[C@H](COCCOCCOCCOP(=O)(O)OCCN1CCC(Cn2c(=O)[nH]c3c(N)nc(O[C@@H](C)CCC)nc32)CC1)OC(=O)CCCCCCC/C=C\CCCCCCCC. The van der Waals surface area contributed by atoms with E-state index in [0.29, 0.717) is 37.1 Å². The van der Waals surface area contributed by atoms with Gasteiger partial charge in [-0.3, -0.25) is 23.2 Å². The third kappa shape index (κ3) is 31.4. The molecule has 20 heteroatoms. The zero-order valence-electron chi connectivity index (χ0n) is 46.2. The van der Waals surface area contributed by atoms with Gasteiger partial charge >= 0.3 is 31.5 Å². The van der Waals surface area contributed by atoms with Gasteiger partial charge in [0.25, 0.3) is 0 Å². The number of allylic oxidation sites excluding steroid dienone is 3. The molecule has 0 aliphatic carbocycles. The molecule has 0 aromatic carbocycles. The molecule has 0 spiro atoms. The van der Waals surface area contributed by atoms with Crippen LogP contribution in [-0.2, 0) is 53.4 Å². The zero-order valence-corrected chi connectivity index (χ0v) is 47.1. The largest absolute Gasteiger partial charge is 0.472 e. The lowest BCUT2D eigenvalue weighted by molar-refractivity contribution is -0.163. The number of aromatic amines is 1. The van der Waals surface area contributed by atoms with Gasteiger partial charge in [-0.25, -0.2) is 9.36 Å². The van der Waals surface area contributed by atoms with E-state index in [-0.39, 0.29) is 101 Å². The van der Waals surface area contributed by atoms with Gasteiger partial charge < -0.3 is 48.9 Å². The Kier molecular flexibility index (Phi) is 36.2. The molecule has 3 atom stereocenters. The summed E-state index contributed by atoms with van der Waals surface area (Å²) in [5.41, 5.74) is 6.66. The van der Waals surface area contributed by atoms with Gasteiger partial charge in [0.2, 0.25) is 0 Å². The zero-order chi connectivity index (χ0) is 54.2. The number of H-pyrrole nitrogens is 1. The topological polar surface area (TPSA) is 238 Å². The number of fused-ring (bicyclic) bond motifs is 1. The molecule has 3 rings (SSSR count). The van der Waals surface area contributed by atoms with Gasteiger partial charge in [0, 0.05) is 25.9 Å². The predicted molar refractivity (Wildman–Crippen MR) is 294 cm³/mol. The molecular weight excluding hydrogens is 984 g/mol. The number of carbonyl (C=O) groups excluding carboxylic acids is 2. The number of nitrogens with two attached hydrogens (primary N) is 1. The first kappa shape index (κ1) is 65.6. The number of unbranched alkanes of at least 4 members (excludes halogenated alkanes) is 16. The molecule has 3 heterocycles. The molecule has 0 amide bonds. The number of phosphoric acid groups is 1. The minimum Gasteiger partial charge on any atom is -0.462 e. The van der Waals surface area contributed by atoms with Crippen LogP contribution < -0.4 is 16.2 Å². The van der Waals surface area contributed by atoms with Gasteiger partial charge in [-0.15, -0.1) is 6.58 Å². The number of nitrogen functional groups attached to an aromatic ring is 1. The second-order valence-corrected chi connectivity index (χ2v) is 21.2. The van der Waals surface area contributed by atoms with E-state index in [0.717, 1.165) is 116 Å². The molecular formula is C55H97N6O13P. The lowest BCUT2D eigenvalue weighted by atomic mass is 9.97. The summed E-state index contributed by atoms with van der Waals surface area (Å²) >= 11 is 0. The second-order valence-electron chi connectivity index (χ2n) is 19.8. The fourth-order valence-electron chi connectivity index (χ4n) is 8.79. The van der Waals surface area contributed by atoms with Crippen molar-refractivity contribution in [2.24, 2.45) is 5.92 Å². The number of esters is 2. The first-order valence-corrected chi connectivity index (χ1v) is 30.0. The molecule has 0 saturated carbocycles. The highest BCUT2D eigenvalue weighted by Gasteiger charge is 2.25. The fraction of sp³-hybridized carbons (Fsp3) is 0.800. The molecule has 0 bridgehead atoms. The Morgan fingerprint density at radius 3 is 1.97 bits per heavy atom. The Balaban J connectivity index is 1.23. The number of hydrogen-bond donors (Lipinski definition) is 3. The van der Waals surface area contributed by atoms with Crippen LogP contribution >= 0.6 is 7.82 Å². The van der Waals surface area contributed by atoms with Crippen LogP contribution in [0.1, 0.15) is 181 Å². The number of phosphoric ester groups is 1. The standard InChI is InChI=1S/C55H97N6O13P/c1-5-8-10-12-14-15-16-17-18-19-20-21-23-25-27-30-50(63)74-48(45-70-49(62)29-26-24-22-13-11-9-6-2)44-69-40-39-67-37-38-68-41-42-72-75(65,66)71-36-35-60-33-31-47(32-34-60)43-61-53-51(57-55(61)64)52(56)58-54(59-53)73-46(4)28-7-3/h6,17-18,46-48H,2,5,7-16,19-45H2,1,3-4H3,(H,57,64)(H,65,66)(H2,56,58,59)/b18-17-/t46-,48-/m0/s1. The Labute approximate surface area is 448 Å². The number of piperidine rings is 1. The molecule has 4 N–H and O–H groups in total. The van der Waals surface area contributed by atoms with Crippen molar-refractivity contribution in [1.82, 2.24) is 24.4 Å². The molecule has 2 aromatic heterocycles. The number of nitrogens with one attached hydrogen (secondary N) is 1. The summed E-state index contributed by atoms with van der Waals surface area (Å²) in [4.78, 5) is 62.0. The number of rotatable bonds is 48. The van der Waals surface area contributed by atoms with E-state index in [1.54, 1.807) is 4.57 Å². The third-order valence-corrected chi connectivity index (χ3v) is 14.1. The average Bonchev–Trinajstić information content (AvgIpc) is 3.70. The van der Waals surface area contributed by atoms with Crippen molar-refractivity contribution in [2.45, 2.75) is 200 Å². The third-order valence-electron chi connectivity index (χ3n) is 13.1. The van der Waals surface area contributed by atoms with Gasteiger partial charge in [-0.1, -0.05) is 109 Å². The van der Waals surface area contributed by atoms with Gasteiger partial charge in [-0.2, -0.15) is 9.97 Å². The summed E-state index contributed by atoms with van der Waals surface area (Å²) in [6, 6.07) is 0.151. The van der Waals surface area contributed by atoms with Crippen molar-refractivity contribution in [3.8, 4) is 6.01 Å². The Hall–Kier alpha value is -3.68. The van der Waals surface area contributed by atoms with Crippen LogP contribution in [0.25, 0.3) is 11.2 Å². The van der Waals surface area contributed by atoms with Crippen molar-refractivity contribution in [2.75, 3.05) is 84.8 Å². The predicted octanol–water partition coefficient (Wildman–Crippen LogP) is 10.6. The van der Waals surface area contributed by atoms with Crippen molar-refractivity contribution in [3.63, 3.8) is 0 Å². The quantitative estimate of drug-likeness (QED) is 0.0242. The lowest BCUT2D eigenvalue weighted by Gasteiger charge is -2.31. The number of hydrogen-bond acceptors (Lipinski definition) is 16. The number of imidazole rings is 1. The average molecular weight is 1080 g/mol. The van der Waals surface area contributed by atoms with E-state index in [4.69, 9.17) is 43.2 Å². The van der Waals surface area contributed by atoms with E-state index in [1.807, 2.05) is 13.0 Å². The molecule has 1 aliphatic heterocycles. The Bertz CT molecular complexity index is 1960. The van der Waals surface area contributed by atoms with E-state index in [1.165, 1.54) is 44.9 Å². The molecule has 1 unspecified atom stereocenters. The summed E-state index contributed by atoms with van der Waals surface area (Å²) in [6.07, 6.45) is 31.1. The highest BCUT2D eigenvalue weighted by Crippen LogP contribution is 2.42. The minimum atomic E-state index is -4.29. The van der Waals surface area contributed by atoms with Crippen molar-refractivity contribution in [1.29, 1.82) is 0 Å². The summed E-state index contributed by atoms with van der Waals surface area (Å²) < 4.78 is 58.3. The maximum Gasteiger partial charge on any atom is 0.472 e. The van der Waals surface area contributed by atoms with E-state index >= 15 is 0 Å². The van der Waals surface area contributed by atoms with E-state index in [9.17, 15) is 23.8 Å². The van der Waals surface area contributed by atoms with Gasteiger partial charge in [0.1, 0.15) is 12.1 Å². The Morgan fingerprint density at radius 2 is 1.33 bits per heavy atom. The van der Waals surface area contributed by atoms with Crippen molar-refractivity contribution >= 4 is 36.7 Å². The highest BCUT2D eigenvalue weighted by molar-refractivity contribution is 7.47. The number of likely N-dealkylation sites (tertiary alicyclic amines) is 1. The highest BCUT2D eigenvalue weighted by atomic mass is 31.2. The molecule has 430 valence electrons. The number of aromatic nitrogens is 4. The van der Waals surface area contributed by atoms with Crippen molar-refractivity contribution in [3.05, 3.63) is 35.3 Å². The van der Waals surface area contributed by atoms with Crippen LogP contribution in [0.2, 0.25) is 0 Å². The van der Waals surface area contributed by atoms with Crippen LogP contribution in [-0.4, -0.2) is 133 Å². The van der Waals surface area contributed by atoms with E-state index < -0.39 is 13.9 Å². The van der Waals surface area contributed by atoms with Crippen LogP contribution in [0.4, 0.5) is 5.82 Å². The minimum absolute atomic E-state index is 0.00999. The van der Waals surface area contributed by atoms with Crippen LogP contribution in [0.5, 0.6) is 6.01 Å². The first-order valence-electron chi connectivity index (χ1n) is 28.6. The van der Waals surface area contributed by atoms with Gasteiger partial charge in [-0.05, 0) is 96.6 Å². The number of anilines is 1. The summed E-state index contributed by atoms with van der Waals surface area (Å²) in [5.74, 6) is -0.263. The summed E-state index contributed by atoms with van der Waals surface area (Å²) in [7, 11) is -4.29. The molecule has 1 aliphatic rings. The fourth-order valence-corrected chi connectivity index (χ4v) is 9.48. The molecule has 75 heavy (non-hydrogen) atoms. The van der Waals surface area contributed by atoms with Crippen LogP contribution in [0.15, 0.2) is 29.6 Å². The molecule has 1 fully saturated rings.